The molecule has 1 aromatic heterocycles. The molecule has 0 aliphatic heterocycles. The fourth-order valence-electron chi connectivity index (χ4n) is 1.65. The van der Waals surface area contributed by atoms with Crippen LogP contribution in [0.1, 0.15) is 33.8 Å². The summed E-state index contributed by atoms with van der Waals surface area (Å²) >= 11 is 0. The van der Waals surface area contributed by atoms with E-state index in [2.05, 4.69) is 31.3 Å². The molecule has 1 fully saturated rings. The molecule has 1 aromatic carbocycles. The zero-order valence-electron chi connectivity index (χ0n) is 10.5. The average molecular weight is 272 g/mol. The number of H-pyrrole nitrogens is 1. The molecule has 2 amide bonds. The zero-order valence-corrected chi connectivity index (χ0v) is 10.5. The molecular formula is C12H12N6O2. The Morgan fingerprint density at radius 1 is 1.15 bits per heavy atom. The molecular weight excluding hydrogens is 260 g/mol. The van der Waals surface area contributed by atoms with E-state index in [1.54, 1.807) is 24.3 Å². The highest BCUT2D eigenvalue weighted by Gasteiger charge is 2.23. The van der Waals surface area contributed by atoms with Gasteiger partial charge in [-0.3, -0.25) is 9.59 Å². The number of nitrogens with one attached hydrogen (secondary N) is 3. The van der Waals surface area contributed by atoms with Crippen molar-refractivity contribution in [2.24, 2.45) is 0 Å². The lowest BCUT2D eigenvalue weighted by Gasteiger charge is -2.05. The van der Waals surface area contributed by atoms with Crippen molar-refractivity contribution in [3.63, 3.8) is 0 Å². The molecule has 1 saturated carbocycles. The van der Waals surface area contributed by atoms with Gasteiger partial charge in [0.2, 0.25) is 0 Å². The van der Waals surface area contributed by atoms with E-state index < -0.39 is 5.91 Å². The van der Waals surface area contributed by atoms with Crippen molar-refractivity contribution in [1.29, 1.82) is 0 Å². The quantitative estimate of drug-likeness (QED) is 0.743. The van der Waals surface area contributed by atoms with Crippen LogP contribution in [0.4, 0.5) is 5.69 Å². The minimum absolute atomic E-state index is 0.0412. The first-order valence-electron chi connectivity index (χ1n) is 6.18. The number of amides is 2. The summed E-state index contributed by atoms with van der Waals surface area (Å²) in [6, 6.07) is 6.94. The SMILES string of the molecule is O=C(NC1CC1)c1ccc(NC(=O)c2nn[nH]n2)cc1. The van der Waals surface area contributed by atoms with Gasteiger partial charge in [0.05, 0.1) is 0 Å². The van der Waals surface area contributed by atoms with Crippen molar-refractivity contribution in [2.45, 2.75) is 18.9 Å². The van der Waals surface area contributed by atoms with Crippen LogP contribution in [0, 0.1) is 0 Å². The van der Waals surface area contributed by atoms with E-state index in [1.807, 2.05) is 0 Å². The lowest BCUT2D eigenvalue weighted by Crippen LogP contribution is -2.25. The number of carbonyl (C=O) groups excluding carboxylic acids is 2. The Morgan fingerprint density at radius 2 is 1.90 bits per heavy atom. The molecule has 2 aromatic rings. The molecule has 8 heteroatoms. The molecule has 0 bridgehead atoms. The standard InChI is InChI=1S/C12H12N6O2/c19-11(13-9-5-6-9)7-1-3-8(4-2-7)14-12(20)10-15-17-18-16-10/h1-4,9H,5-6H2,(H,13,19)(H,14,20)(H,15,16,17,18). The Hall–Kier alpha value is -2.77. The molecule has 0 radical (unpaired) electrons. The molecule has 102 valence electrons. The Balaban J connectivity index is 1.63. The van der Waals surface area contributed by atoms with E-state index in [4.69, 9.17) is 0 Å². The van der Waals surface area contributed by atoms with Crippen molar-refractivity contribution < 1.29 is 9.59 Å². The summed E-state index contributed by atoms with van der Waals surface area (Å²) in [5.74, 6) is -0.599. The van der Waals surface area contributed by atoms with Gasteiger partial charge in [-0.25, -0.2) is 0 Å². The zero-order chi connectivity index (χ0) is 13.9. The van der Waals surface area contributed by atoms with Crippen molar-refractivity contribution in [1.82, 2.24) is 25.9 Å². The van der Waals surface area contributed by atoms with Gasteiger partial charge in [0.15, 0.2) is 0 Å². The van der Waals surface area contributed by atoms with Gasteiger partial charge < -0.3 is 10.6 Å². The molecule has 1 aliphatic rings. The smallest absolute Gasteiger partial charge is 0.297 e. The molecule has 3 rings (SSSR count). The van der Waals surface area contributed by atoms with E-state index in [0.717, 1.165) is 12.8 Å². The number of hydrogen-bond donors (Lipinski definition) is 3. The average Bonchev–Trinajstić information content (AvgIpc) is 3.08. The van der Waals surface area contributed by atoms with Crippen LogP contribution in [0.25, 0.3) is 0 Å². The predicted octanol–water partition coefficient (Wildman–Crippen LogP) is 0.344. The first-order valence-corrected chi connectivity index (χ1v) is 6.18. The Kier molecular flexibility index (Phi) is 3.12. The van der Waals surface area contributed by atoms with E-state index in [0.29, 0.717) is 17.3 Å². The summed E-state index contributed by atoms with van der Waals surface area (Å²) < 4.78 is 0. The lowest BCUT2D eigenvalue weighted by molar-refractivity contribution is 0.0950. The normalized spacial score (nSPS) is 13.8. The van der Waals surface area contributed by atoms with Gasteiger partial charge in [-0.15, -0.1) is 10.2 Å². The van der Waals surface area contributed by atoms with Crippen LogP contribution in [0.5, 0.6) is 0 Å². The van der Waals surface area contributed by atoms with Gasteiger partial charge in [-0.05, 0) is 42.3 Å². The number of anilines is 1. The Labute approximate surface area is 114 Å². The van der Waals surface area contributed by atoms with Crippen LogP contribution in [0.2, 0.25) is 0 Å². The van der Waals surface area contributed by atoms with Crippen molar-refractivity contribution >= 4 is 17.5 Å². The van der Waals surface area contributed by atoms with E-state index in [9.17, 15) is 9.59 Å². The van der Waals surface area contributed by atoms with Crippen LogP contribution in [0.15, 0.2) is 24.3 Å². The highest BCUT2D eigenvalue weighted by molar-refractivity contribution is 6.01. The lowest BCUT2D eigenvalue weighted by atomic mass is 10.2. The number of nitrogens with zero attached hydrogens (tertiary/aromatic N) is 3. The van der Waals surface area contributed by atoms with Gasteiger partial charge in [-0.2, -0.15) is 5.21 Å². The maximum atomic E-state index is 11.8. The van der Waals surface area contributed by atoms with Crippen LogP contribution in [0.3, 0.4) is 0 Å². The number of carbonyl (C=O) groups is 2. The number of rotatable bonds is 4. The molecule has 1 heterocycles. The van der Waals surface area contributed by atoms with Crippen molar-refractivity contribution in [2.75, 3.05) is 5.32 Å². The maximum absolute atomic E-state index is 11.8. The summed E-state index contributed by atoms with van der Waals surface area (Å²) in [6.45, 7) is 0. The first-order chi connectivity index (χ1) is 9.72. The Morgan fingerprint density at radius 3 is 2.50 bits per heavy atom. The third kappa shape index (κ3) is 2.79. The summed E-state index contributed by atoms with van der Waals surface area (Å²) in [5, 5.41) is 18.2. The second-order valence-corrected chi connectivity index (χ2v) is 4.51. The largest absolute Gasteiger partial charge is 0.349 e. The van der Waals surface area contributed by atoms with E-state index in [1.165, 1.54) is 0 Å². The van der Waals surface area contributed by atoms with Crippen LogP contribution in [-0.2, 0) is 0 Å². The van der Waals surface area contributed by atoms with E-state index in [-0.39, 0.29) is 11.7 Å². The summed E-state index contributed by atoms with van der Waals surface area (Å²) in [7, 11) is 0. The second kappa shape index (κ2) is 5.08. The van der Waals surface area contributed by atoms with Gasteiger partial charge in [0.25, 0.3) is 17.6 Å². The van der Waals surface area contributed by atoms with Gasteiger partial charge in [0, 0.05) is 17.3 Å². The third-order valence-corrected chi connectivity index (χ3v) is 2.87. The minimum Gasteiger partial charge on any atom is -0.349 e. The summed E-state index contributed by atoms with van der Waals surface area (Å²) in [5.41, 5.74) is 1.12. The molecule has 1 aliphatic carbocycles. The molecule has 8 nitrogen and oxygen atoms in total. The Bertz CT molecular complexity index is 618. The first kappa shape index (κ1) is 12.3. The van der Waals surface area contributed by atoms with Crippen LogP contribution < -0.4 is 10.6 Å². The molecule has 0 saturated heterocycles. The number of aromatic amines is 1. The summed E-state index contributed by atoms with van der Waals surface area (Å²) in [4.78, 5) is 23.5. The monoisotopic (exact) mass is 272 g/mol. The topological polar surface area (TPSA) is 113 Å². The summed E-state index contributed by atoms with van der Waals surface area (Å²) in [6.07, 6.45) is 2.09. The number of aromatic nitrogens is 4. The third-order valence-electron chi connectivity index (χ3n) is 2.87. The van der Waals surface area contributed by atoms with Crippen LogP contribution >= 0.6 is 0 Å². The van der Waals surface area contributed by atoms with Crippen molar-refractivity contribution in [3.05, 3.63) is 35.7 Å². The highest BCUT2D eigenvalue weighted by Crippen LogP contribution is 2.19. The molecule has 0 unspecified atom stereocenters. The molecule has 0 atom stereocenters. The second-order valence-electron chi connectivity index (χ2n) is 4.51. The van der Waals surface area contributed by atoms with Gasteiger partial charge >= 0.3 is 0 Å². The van der Waals surface area contributed by atoms with Gasteiger partial charge in [-0.1, -0.05) is 0 Å². The molecule has 0 spiro atoms. The fraction of sp³-hybridized carbons (Fsp3) is 0.250. The highest BCUT2D eigenvalue weighted by atomic mass is 16.2. The molecule has 20 heavy (non-hydrogen) atoms. The number of tetrazole rings is 1. The van der Waals surface area contributed by atoms with Crippen LogP contribution in [-0.4, -0.2) is 38.5 Å². The molecule has 3 N–H and O–H groups in total. The number of hydrogen-bond acceptors (Lipinski definition) is 5. The van der Waals surface area contributed by atoms with Crippen molar-refractivity contribution in [3.8, 4) is 0 Å². The van der Waals surface area contributed by atoms with E-state index >= 15 is 0 Å². The minimum atomic E-state index is -0.464. The number of benzene rings is 1. The maximum Gasteiger partial charge on any atom is 0.297 e. The van der Waals surface area contributed by atoms with Gasteiger partial charge in [0.1, 0.15) is 0 Å². The predicted molar refractivity (Wildman–Crippen MR) is 69.1 cm³/mol. The fourth-order valence-corrected chi connectivity index (χ4v) is 1.65.